The van der Waals surface area contributed by atoms with Crippen LogP contribution in [0.5, 0.6) is 0 Å². The third kappa shape index (κ3) is 2.77. The zero-order valence-electron chi connectivity index (χ0n) is 10.7. The lowest BCUT2D eigenvalue weighted by Crippen LogP contribution is -2.33. The Hall–Kier alpha value is -1.25. The van der Waals surface area contributed by atoms with E-state index in [1.165, 1.54) is 5.56 Å². The Labute approximate surface area is 127 Å². The van der Waals surface area contributed by atoms with Crippen LogP contribution in [0.3, 0.4) is 0 Å². The lowest BCUT2D eigenvalue weighted by Gasteiger charge is -2.37. The van der Waals surface area contributed by atoms with Crippen molar-refractivity contribution in [1.29, 1.82) is 0 Å². The standard InChI is InChI=1S/C16H14Cl2FN/c17-14-8-13(9-15(18)16(14)19)20-12-6-11(7-12)10-4-2-1-3-5-10/h1-5,8-9,11-12,20H,6-7H2. The van der Waals surface area contributed by atoms with E-state index in [0.29, 0.717) is 12.0 Å². The SMILES string of the molecule is Fc1c(Cl)cc(NC2CC(c3ccccc3)C2)cc1Cl. The molecule has 0 radical (unpaired) electrons. The van der Waals surface area contributed by atoms with Gasteiger partial charge in [-0.3, -0.25) is 0 Å². The van der Waals surface area contributed by atoms with E-state index in [4.69, 9.17) is 23.2 Å². The molecule has 0 aromatic heterocycles. The van der Waals surface area contributed by atoms with Gasteiger partial charge in [0.25, 0.3) is 0 Å². The fourth-order valence-corrected chi connectivity index (χ4v) is 3.09. The maximum Gasteiger partial charge on any atom is 0.160 e. The zero-order chi connectivity index (χ0) is 14.1. The molecule has 1 fully saturated rings. The maximum atomic E-state index is 13.3. The zero-order valence-corrected chi connectivity index (χ0v) is 12.3. The van der Waals surface area contributed by atoms with Crippen LogP contribution >= 0.6 is 23.2 Å². The van der Waals surface area contributed by atoms with Gasteiger partial charge >= 0.3 is 0 Å². The van der Waals surface area contributed by atoms with Crippen LogP contribution in [-0.4, -0.2) is 6.04 Å². The molecule has 3 rings (SSSR count). The van der Waals surface area contributed by atoms with Crippen molar-refractivity contribution >= 4 is 28.9 Å². The van der Waals surface area contributed by atoms with E-state index in [2.05, 4.69) is 29.6 Å². The fourth-order valence-electron chi connectivity index (χ4n) is 2.61. The molecule has 1 saturated carbocycles. The Morgan fingerprint density at radius 1 is 1.00 bits per heavy atom. The Morgan fingerprint density at radius 2 is 1.60 bits per heavy atom. The van der Waals surface area contributed by atoms with Crippen LogP contribution in [0.2, 0.25) is 10.0 Å². The van der Waals surface area contributed by atoms with Crippen LogP contribution in [0.1, 0.15) is 24.3 Å². The second-order valence-electron chi connectivity index (χ2n) is 5.17. The summed E-state index contributed by atoms with van der Waals surface area (Å²) in [5, 5.41) is 3.46. The van der Waals surface area contributed by atoms with Gasteiger partial charge in [-0.2, -0.15) is 0 Å². The van der Waals surface area contributed by atoms with Gasteiger partial charge in [-0.25, -0.2) is 4.39 Å². The summed E-state index contributed by atoms with van der Waals surface area (Å²) in [7, 11) is 0. The number of halogens is 3. The molecule has 0 bridgehead atoms. The number of anilines is 1. The summed E-state index contributed by atoms with van der Waals surface area (Å²) in [6, 6.07) is 14.0. The van der Waals surface area contributed by atoms with Crippen molar-refractivity contribution in [3.63, 3.8) is 0 Å². The summed E-state index contributed by atoms with van der Waals surface area (Å²) in [6.07, 6.45) is 2.13. The number of nitrogens with one attached hydrogen (secondary N) is 1. The maximum absolute atomic E-state index is 13.3. The van der Waals surface area contributed by atoms with Crippen LogP contribution in [0.15, 0.2) is 42.5 Å². The van der Waals surface area contributed by atoms with E-state index < -0.39 is 5.82 Å². The predicted molar refractivity (Wildman–Crippen MR) is 82.2 cm³/mol. The molecule has 4 heteroatoms. The highest BCUT2D eigenvalue weighted by Crippen LogP contribution is 2.39. The Bertz CT molecular complexity index is 586. The molecule has 0 heterocycles. The molecule has 20 heavy (non-hydrogen) atoms. The molecule has 0 amide bonds. The Kier molecular flexibility index (Phi) is 3.86. The lowest BCUT2D eigenvalue weighted by molar-refractivity contribution is 0.374. The quantitative estimate of drug-likeness (QED) is 0.739. The summed E-state index contributed by atoms with van der Waals surface area (Å²) in [5.74, 6) is 0.0368. The second kappa shape index (κ2) is 5.63. The molecule has 104 valence electrons. The number of rotatable bonds is 3. The largest absolute Gasteiger partial charge is 0.382 e. The molecule has 0 unspecified atom stereocenters. The van der Waals surface area contributed by atoms with Crippen molar-refractivity contribution in [2.75, 3.05) is 5.32 Å². The summed E-state index contributed by atoms with van der Waals surface area (Å²) < 4.78 is 13.3. The molecular weight excluding hydrogens is 296 g/mol. The van der Waals surface area contributed by atoms with Gasteiger partial charge in [-0.05, 0) is 36.5 Å². The average Bonchev–Trinajstić information content (AvgIpc) is 2.40. The van der Waals surface area contributed by atoms with Crippen molar-refractivity contribution in [2.45, 2.75) is 24.8 Å². The average molecular weight is 310 g/mol. The van der Waals surface area contributed by atoms with E-state index in [1.807, 2.05) is 6.07 Å². The van der Waals surface area contributed by atoms with Crippen LogP contribution in [-0.2, 0) is 0 Å². The minimum absolute atomic E-state index is 0.0546. The summed E-state index contributed by atoms with van der Waals surface area (Å²) in [4.78, 5) is 0. The molecule has 0 saturated heterocycles. The third-order valence-electron chi connectivity index (χ3n) is 3.76. The first-order chi connectivity index (χ1) is 9.63. The highest BCUT2D eigenvalue weighted by atomic mass is 35.5. The molecule has 0 atom stereocenters. The van der Waals surface area contributed by atoms with Crippen LogP contribution < -0.4 is 5.32 Å². The van der Waals surface area contributed by atoms with Crippen LogP contribution in [0, 0.1) is 5.82 Å². The fraction of sp³-hybridized carbons (Fsp3) is 0.250. The number of hydrogen-bond acceptors (Lipinski definition) is 1. The van der Waals surface area contributed by atoms with Crippen LogP contribution in [0.4, 0.5) is 10.1 Å². The minimum Gasteiger partial charge on any atom is -0.382 e. The van der Waals surface area contributed by atoms with Gasteiger partial charge < -0.3 is 5.32 Å². The normalized spacial score (nSPS) is 21.4. The molecular formula is C16H14Cl2FN. The lowest BCUT2D eigenvalue weighted by atomic mass is 9.76. The number of benzene rings is 2. The molecule has 0 aliphatic heterocycles. The van der Waals surface area contributed by atoms with Crippen molar-refractivity contribution in [2.24, 2.45) is 0 Å². The van der Waals surface area contributed by atoms with Crippen molar-refractivity contribution in [1.82, 2.24) is 0 Å². The Morgan fingerprint density at radius 3 is 2.20 bits per heavy atom. The van der Waals surface area contributed by atoms with Crippen molar-refractivity contribution < 1.29 is 4.39 Å². The number of hydrogen-bond donors (Lipinski definition) is 1. The van der Waals surface area contributed by atoms with E-state index >= 15 is 0 Å². The highest BCUT2D eigenvalue weighted by molar-refractivity contribution is 6.35. The summed E-state index contributed by atoms with van der Waals surface area (Å²) in [5.41, 5.74) is 2.15. The third-order valence-corrected chi connectivity index (χ3v) is 4.31. The van der Waals surface area contributed by atoms with Gasteiger partial charge in [-0.1, -0.05) is 53.5 Å². The van der Waals surface area contributed by atoms with Gasteiger partial charge in [-0.15, -0.1) is 0 Å². The molecule has 1 aliphatic rings. The van der Waals surface area contributed by atoms with E-state index in [1.54, 1.807) is 12.1 Å². The first-order valence-corrected chi connectivity index (χ1v) is 7.35. The molecule has 1 nitrogen and oxygen atoms in total. The summed E-state index contributed by atoms with van der Waals surface area (Å²) >= 11 is 11.6. The molecule has 2 aromatic carbocycles. The minimum atomic E-state index is -0.561. The van der Waals surface area contributed by atoms with Gasteiger partial charge in [0, 0.05) is 11.7 Å². The van der Waals surface area contributed by atoms with E-state index in [0.717, 1.165) is 18.5 Å². The molecule has 0 spiro atoms. The predicted octanol–water partition coefficient (Wildman–Crippen LogP) is 5.49. The molecule has 2 aromatic rings. The van der Waals surface area contributed by atoms with Gasteiger partial charge in [0.1, 0.15) is 0 Å². The molecule has 1 N–H and O–H groups in total. The topological polar surface area (TPSA) is 12.0 Å². The van der Waals surface area contributed by atoms with Crippen molar-refractivity contribution in [3.8, 4) is 0 Å². The van der Waals surface area contributed by atoms with Gasteiger partial charge in [0.2, 0.25) is 0 Å². The second-order valence-corrected chi connectivity index (χ2v) is 5.99. The smallest absolute Gasteiger partial charge is 0.160 e. The highest BCUT2D eigenvalue weighted by Gasteiger charge is 2.30. The first kappa shape index (κ1) is 13.7. The summed E-state index contributed by atoms with van der Waals surface area (Å²) in [6.45, 7) is 0. The Balaban J connectivity index is 1.62. The van der Waals surface area contributed by atoms with E-state index in [-0.39, 0.29) is 10.0 Å². The van der Waals surface area contributed by atoms with Gasteiger partial charge in [0.15, 0.2) is 5.82 Å². The monoisotopic (exact) mass is 309 g/mol. The van der Waals surface area contributed by atoms with Crippen LogP contribution in [0.25, 0.3) is 0 Å². The molecule has 1 aliphatic carbocycles. The van der Waals surface area contributed by atoms with Gasteiger partial charge in [0.05, 0.1) is 10.0 Å². The van der Waals surface area contributed by atoms with Crippen molar-refractivity contribution in [3.05, 3.63) is 63.9 Å². The first-order valence-electron chi connectivity index (χ1n) is 6.59. The van der Waals surface area contributed by atoms with E-state index in [9.17, 15) is 4.39 Å².